The lowest BCUT2D eigenvalue weighted by Gasteiger charge is -2.33. The molecule has 128 valence electrons. The largest absolute Gasteiger partial charge is 0.343 e. The maximum absolute atomic E-state index is 12.3. The van der Waals surface area contributed by atoms with Crippen LogP contribution in [0.2, 0.25) is 0 Å². The van der Waals surface area contributed by atoms with E-state index in [1.165, 1.54) is 0 Å². The minimum atomic E-state index is 0.182. The lowest BCUT2D eigenvalue weighted by molar-refractivity contribution is -0.133. The second-order valence-electron chi connectivity index (χ2n) is 6.58. The number of H-pyrrole nitrogens is 1. The number of carbonyl (C=O) groups excluding carboxylic acids is 1. The summed E-state index contributed by atoms with van der Waals surface area (Å²) in [6.45, 7) is 3.90. The van der Waals surface area contributed by atoms with Crippen molar-refractivity contribution in [1.82, 2.24) is 29.7 Å². The Morgan fingerprint density at radius 2 is 2.25 bits per heavy atom. The number of likely N-dealkylation sites (N-methyl/N-ethyl adjacent to an activating group) is 1. The van der Waals surface area contributed by atoms with Crippen molar-refractivity contribution in [2.75, 3.05) is 33.7 Å². The molecule has 0 bridgehead atoms. The zero-order valence-corrected chi connectivity index (χ0v) is 14.5. The summed E-state index contributed by atoms with van der Waals surface area (Å²) in [5.74, 6) is 1.91. The number of aromatic nitrogens is 4. The predicted octanol–water partition coefficient (Wildman–Crippen LogP) is 1.44. The summed E-state index contributed by atoms with van der Waals surface area (Å²) in [6.07, 6.45) is 5.55. The third-order valence-electron chi connectivity index (χ3n) is 4.24. The summed E-state index contributed by atoms with van der Waals surface area (Å²) in [4.78, 5) is 32.7. The van der Waals surface area contributed by atoms with Crippen molar-refractivity contribution in [1.29, 1.82) is 0 Å². The average molecular weight is 328 g/mol. The van der Waals surface area contributed by atoms with Gasteiger partial charge in [-0.25, -0.2) is 15.0 Å². The number of aromatic amines is 1. The van der Waals surface area contributed by atoms with E-state index in [9.17, 15) is 4.79 Å². The van der Waals surface area contributed by atoms with Crippen molar-refractivity contribution < 1.29 is 4.79 Å². The molecular weight excluding hydrogens is 304 g/mol. The van der Waals surface area contributed by atoms with Gasteiger partial charge < -0.3 is 14.8 Å². The molecule has 1 atom stereocenters. The molecule has 1 amide bonds. The number of rotatable bonds is 4. The number of hydrogen-bond donors (Lipinski definition) is 1. The third kappa shape index (κ3) is 3.79. The number of hydrogen-bond acceptors (Lipinski definition) is 5. The molecule has 0 aliphatic carbocycles. The molecule has 0 aromatic carbocycles. The Hall–Kier alpha value is -2.28. The molecule has 1 aliphatic rings. The number of piperidine rings is 1. The fraction of sp³-hybridized carbons (Fsp3) is 0.529. The molecule has 0 saturated carbocycles. The van der Waals surface area contributed by atoms with Gasteiger partial charge >= 0.3 is 0 Å². The van der Waals surface area contributed by atoms with Gasteiger partial charge in [-0.05, 0) is 39.9 Å². The third-order valence-corrected chi connectivity index (χ3v) is 4.24. The maximum Gasteiger partial charge on any atom is 0.236 e. The van der Waals surface area contributed by atoms with E-state index < -0.39 is 0 Å². The molecule has 3 rings (SSSR count). The second kappa shape index (κ2) is 7.09. The Bertz CT molecular complexity index is 697. The minimum absolute atomic E-state index is 0.182. The van der Waals surface area contributed by atoms with E-state index >= 15 is 0 Å². The van der Waals surface area contributed by atoms with E-state index in [1.54, 1.807) is 12.4 Å². The smallest absolute Gasteiger partial charge is 0.236 e. The lowest BCUT2D eigenvalue weighted by Crippen LogP contribution is -2.43. The Morgan fingerprint density at radius 1 is 1.42 bits per heavy atom. The highest BCUT2D eigenvalue weighted by molar-refractivity contribution is 5.78. The fourth-order valence-electron chi connectivity index (χ4n) is 3.14. The quantitative estimate of drug-likeness (QED) is 0.919. The van der Waals surface area contributed by atoms with Crippen molar-refractivity contribution in [3.63, 3.8) is 0 Å². The first kappa shape index (κ1) is 16.6. The van der Waals surface area contributed by atoms with Gasteiger partial charge in [0.25, 0.3) is 0 Å². The van der Waals surface area contributed by atoms with Crippen molar-refractivity contribution in [3.8, 4) is 11.5 Å². The fourth-order valence-corrected chi connectivity index (χ4v) is 3.14. The normalized spacial score (nSPS) is 18.2. The standard InChI is InChI=1S/C17H24N6O/c1-12-20-14(9-15(21-12)17-18-6-7-19-17)13-5-4-8-23(10-13)16(24)11-22(2)3/h6-7,9,13H,4-5,8,10-11H2,1-3H3,(H,18,19)/t13-/m1/s1. The molecule has 2 aromatic heterocycles. The highest BCUT2D eigenvalue weighted by Gasteiger charge is 2.26. The number of carbonyl (C=O) groups is 1. The van der Waals surface area contributed by atoms with Crippen LogP contribution in [0.25, 0.3) is 11.5 Å². The number of amides is 1. The molecule has 0 spiro atoms. The van der Waals surface area contributed by atoms with E-state index in [0.717, 1.165) is 49.0 Å². The molecular formula is C17H24N6O. The summed E-state index contributed by atoms with van der Waals surface area (Å²) in [5.41, 5.74) is 1.80. The summed E-state index contributed by atoms with van der Waals surface area (Å²) in [5, 5.41) is 0. The predicted molar refractivity (Wildman–Crippen MR) is 91.5 cm³/mol. The zero-order chi connectivity index (χ0) is 17.1. The Morgan fingerprint density at radius 3 is 2.96 bits per heavy atom. The minimum Gasteiger partial charge on any atom is -0.343 e. The van der Waals surface area contributed by atoms with Gasteiger partial charge in [-0.3, -0.25) is 4.79 Å². The molecule has 1 aliphatic heterocycles. The van der Waals surface area contributed by atoms with Crippen LogP contribution in [0.3, 0.4) is 0 Å². The summed E-state index contributed by atoms with van der Waals surface area (Å²) < 4.78 is 0. The molecule has 0 unspecified atom stereocenters. The molecule has 0 radical (unpaired) electrons. The first-order valence-corrected chi connectivity index (χ1v) is 8.31. The molecule has 1 fully saturated rings. The van der Waals surface area contributed by atoms with Gasteiger partial charge in [0.15, 0.2) is 5.82 Å². The first-order valence-electron chi connectivity index (χ1n) is 8.31. The molecule has 1 N–H and O–H groups in total. The van der Waals surface area contributed by atoms with Gasteiger partial charge in [0.1, 0.15) is 11.5 Å². The van der Waals surface area contributed by atoms with Crippen LogP contribution in [0.1, 0.15) is 30.3 Å². The van der Waals surface area contributed by atoms with E-state index in [4.69, 9.17) is 0 Å². The average Bonchev–Trinajstić information content (AvgIpc) is 3.08. The molecule has 3 heterocycles. The van der Waals surface area contributed by atoms with Crippen LogP contribution in [0, 0.1) is 6.92 Å². The van der Waals surface area contributed by atoms with Crippen molar-refractivity contribution in [3.05, 3.63) is 30.0 Å². The molecule has 7 nitrogen and oxygen atoms in total. The number of likely N-dealkylation sites (tertiary alicyclic amines) is 1. The summed E-state index contributed by atoms with van der Waals surface area (Å²) >= 11 is 0. The second-order valence-corrected chi connectivity index (χ2v) is 6.58. The Labute approximate surface area is 142 Å². The lowest BCUT2D eigenvalue weighted by atomic mass is 9.94. The Kier molecular flexibility index (Phi) is 4.89. The highest BCUT2D eigenvalue weighted by Crippen LogP contribution is 2.27. The van der Waals surface area contributed by atoms with Gasteiger partial charge in [0, 0.05) is 37.1 Å². The van der Waals surface area contributed by atoms with Gasteiger partial charge in [-0.15, -0.1) is 0 Å². The molecule has 7 heteroatoms. The topological polar surface area (TPSA) is 78.0 Å². The van der Waals surface area contributed by atoms with E-state index in [1.807, 2.05) is 36.9 Å². The first-order chi connectivity index (χ1) is 11.5. The van der Waals surface area contributed by atoms with Crippen LogP contribution in [-0.4, -0.2) is 69.4 Å². The van der Waals surface area contributed by atoms with E-state index in [-0.39, 0.29) is 11.8 Å². The monoisotopic (exact) mass is 328 g/mol. The SMILES string of the molecule is Cc1nc(-c2ncc[nH]2)cc([C@@H]2CCCN(C(=O)CN(C)C)C2)n1. The number of nitrogens with zero attached hydrogens (tertiary/aromatic N) is 5. The number of aryl methyl sites for hydroxylation is 1. The van der Waals surface area contributed by atoms with Crippen LogP contribution in [0.5, 0.6) is 0 Å². The van der Waals surface area contributed by atoms with Gasteiger partial charge in [-0.1, -0.05) is 0 Å². The van der Waals surface area contributed by atoms with Crippen LogP contribution >= 0.6 is 0 Å². The van der Waals surface area contributed by atoms with Gasteiger partial charge in [0.05, 0.1) is 6.54 Å². The van der Waals surface area contributed by atoms with Crippen molar-refractivity contribution >= 4 is 5.91 Å². The molecule has 24 heavy (non-hydrogen) atoms. The highest BCUT2D eigenvalue weighted by atomic mass is 16.2. The number of imidazole rings is 1. The number of nitrogens with one attached hydrogen (secondary N) is 1. The van der Waals surface area contributed by atoms with Crippen LogP contribution in [0.15, 0.2) is 18.5 Å². The summed E-state index contributed by atoms with van der Waals surface area (Å²) in [6, 6.07) is 2.00. The Balaban J connectivity index is 1.79. The van der Waals surface area contributed by atoms with Gasteiger partial charge in [-0.2, -0.15) is 0 Å². The van der Waals surface area contributed by atoms with Crippen molar-refractivity contribution in [2.45, 2.75) is 25.7 Å². The zero-order valence-electron chi connectivity index (χ0n) is 14.5. The van der Waals surface area contributed by atoms with E-state index in [2.05, 4.69) is 19.9 Å². The molecule has 1 saturated heterocycles. The van der Waals surface area contributed by atoms with Crippen LogP contribution in [-0.2, 0) is 4.79 Å². The maximum atomic E-state index is 12.3. The molecule has 2 aromatic rings. The summed E-state index contributed by atoms with van der Waals surface area (Å²) in [7, 11) is 3.84. The van der Waals surface area contributed by atoms with Crippen molar-refractivity contribution in [2.24, 2.45) is 0 Å². The van der Waals surface area contributed by atoms with E-state index in [0.29, 0.717) is 6.54 Å². The van der Waals surface area contributed by atoms with Crippen LogP contribution < -0.4 is 0 Å². The van der Waals surface area contributed by atoms with Gasteiger partial charge in [0.2, 0.25) is 5.91 Å². The van der Waals surface area contributed by atoms with Crippen LogP contribution in [0.4, 0.5) is 0 Å².